The molecule has 140 valence electrons. The quantitative estimate of drug-likeness (QED) is 0.714. The summed E-state index contributed by atoms with van der Waals surface area (Å²) in [7, 11) is 0. The van der Waals surface area contributed by atoms with Crippen molar-refractivity contribution in [2.75, 3.05) is 13.1 Å². The maximum absolute atomic E-state index is 11.0. The Bertz CT molecular complexity index is 905. The summed E-state index contributed by atoms with van der Waals surface area (Å²) in [4.78, 5) is 17.8. The molecule has 0 saturated carbocycles. The normalized spacial score (nSPS) is 17.9. The van der Waals surface area contributed by atoms with Crippen molar-refractivity contribution >= 4 is 5.97 Å². The third-order valence-corrected chi connectivity index (χ3v) is 4.81. The Morgan fingerprint density at radius 1 is 1.26 bits per heavy atom. The number of rotatable bonds is 6. The highest BCUT2D eigenvalue weighted by molar-refractivity contribution is 5.66. The lowest BCUT2D eigenvalue weighted by Crippen LogP contribution is -2.35. The Morgan fingerprint density at radius 2 is 2.11 bits per heavy atom. The van der Waals surface area contributed by atoms with Crippen LogP contribution in [0.25, 0.3) is 11.5 Å². The van der Waals surface area contributed by atoms with Gasteiger partial charge in [-0.3, -0.25) is 14.4 Å². The van der Waals surface area contributed by atoms with E-state index in [1.807, 2.05) is 36.4 Å². The van der Waals surface area contributed by atoms with Gasteiger partial charge in [-0.25, -0.2) is 0 Å². The molecule has 1 saturated heterocycles. The minimum atomic E-state index is -0.882. The maximum Gasteiger partial charge on any atom is 0.325 e. The van der Waals surface area contributed by atoms with Crippen molar-refractivity contribution in [1.82, 2.24) is 24.8 Å². The van der Waals surface area contributed by atoms with Crippen LogP contribution in [0.3, 0.4) is 0 Å². The predicted molar refractivity (Wildman–Crippen MR) is 96.8 cm³/mol. The van der Waals surface area contributed by atoms with E-state index in [1.165, 1.54) is 0 Å². The molecule has 2 aromatic heterocycles. The molecule has 8 heteroatoms. The molecule has 0 radical (unpaired) electrons. The Labute approximate surface area is 156 Å². The predicted octanol–water partition coefficient (Wildman–Crippen LogP) is 2.40. The zero-order valence-corrected chi connectivity index (χ0v) is 14.9. The largest absolute Gasteiger partial charge is 0.480 e. The molecule has 8 nitrogen and oxygen atoms in total. The van der Waals surface area contributed by atoms with Gasteiger partial charge < -0.3 is 9.63 Å². The number of piperidine rings is 1. The average molecular weight is 367 g/mol. The number of carboxylic acid groups (broad SMARTS) is 1. The number of carbonyl (C=O) groups is 1. The van der Waals surface area contributed by atoms with Gasteiger partial charge in [0.1, 0.15) is 6.54 Å². The van der Waals surface area contributed by atoms with Crippen LogP contribution >= 0.6 is 0 Å². The highest BCUT2D eigenvalue weighted by Gasteiger charge is 2.25. The van der Waals surface area contributed by atoms with Crippen LogP contribution in [0.4, 0.5) is 0 Å². The summed E-state index contributed by atoms with van der Waals surface area (Å²) in [5, 5.41) is 17.3. The van der Waals surface area contributed by atoms with Crippen LogP contribution in [0.2, 0.25) is 0 Å². The van der Waals surface area contributed by atoms with E-state index in [-0.39, 0.29) is 12.5 Å². The summed E-state index contributed by atoms with van der Waals surface area (Å²) < 4.78 is 6.97. The SMILES string of the molecule is O=C(O)Cn1nccc1C1CCCN(Cc2noc(-c3ccccc3)n2)C1. The summed E-state index contributed by atoms with van der Waals surface area (Å²) in [6.45, 7) is 2.28. The lowest BCUT2D eigenvalue weighted by atomic mass is 9.94. The molecule has 1 fully saturated rings. The molecular formula is C19H21N5O3. The molecule has 1 N–H and O–H groups in total. The number of aliphatic carboxylic acids is 1. The number of nitrogens with zero attached hydrogens (tertiary/aromatic N) is 5. The zero-order valence-electron chi connectivity index (χ0n) is 14.9. The third-order valence-electron chi connectivity index (χ3n) is 4.81. The second kappa shape index (κ2) is 7.71. The van der Waals surface area contributed by atoms with Crippen LogP contribution < -0.4 is 0 Å². The molecule has 1 aliphatic heterocycles. The molecule has 27 heavy (non-hydrogen) atoms. The fourth-order valence-electron chi connectivity index (χ4n) is 3.61. The van der Waals surface area contributed by atoms with E-state index in [0.29, 0.717) is 18.3 Å². The number of aromatic nitrogens is 4. The molecule has 1 aliphatic rings. The van der Waals surface area contributed by atoms with Crippen molar-refractivity contribution in [3.8, 4) is 11.5 Å². The highest BCUT2D eigenvalue weighted by atomic mass is 16.5. The van der Waals surface area contributed by atoms with E-state index in [9.17, 15) is 4.79 Å². The molecule has 1 atom stereocenters. The number of carboxylic acids is 1. The van der Waals surface area contributed by atoms with Gasteiger partial charge in [0, 0.05) is 29.9 Å². The van der Waals surface area contributed by atoms with E-state index in [4.69, 9.17) is 9.63 Å². The van der Waals surface area contributed by atoms with Crippen molar-refractivity contribution in [2.24, 2.45) is 0 Å². The van der Waals surface area contributed by atoms with E-state index >= 15 is 0 Å². The second-order valence-electron chi connectivity index (χ2n) is 6.76. The Morgan fingerprint density at radius 3 is 2.93 bits per heavy atom. The van der Waals surface area contributed by atoms with E-state index in [0.717, 1.165) is 37.2 Å². The Kier molecular flexibility index (Phi) is 4.97. The average Bonchev–Trinajstić information content (AvgIpc) is 3.32. The summed E-state index contributed by atoms with van der Waals surface area (Å²) in [6, 6.07) is 11.6. The molecular weight excluding hydrogens is 346 g/mol. The summed E-state index contributed by atoms with van der Waals surface area (Å²) >= 11 is 0. The molecule has 1 aromatic carbocycles. The van der Waals surface area contributed by atoms with Crippen LogP contribution in [-0.4, -0.2) is 49.0 Å². The first-order valence-corrected chi connectivity index (χ1v) is 9.03. The Balaban J connectivity index is 1.43. The molecule has 0 spiro atoms. The first-order chi connectivity index (χ1) is 13.2. The standard InChI is InChI=1S/C19H21N5O3/c25-18(26)13-24-16(8-9-20-24)15-7-4-10-23(11-15)12-17-21-19(27-22-17)14-5-2-1-3-6-14/h1-3,5-6,8-9,15H,4,7,10-13H2,(H,25,26). The number of likely N-dealkylation sites (tertiary alicyclic amines) is 1. The van der Waals surface area contributed by atoms with Crippen molar-refractivity contribution < 1.29 is 14.4 Å². The summed E-state index contributed by atoms with van der Waals surface area (Å²) in [5.41, 5.74) is 1.88. The lowest BCUT2D eigenvalue weighted by Gasteiger charge is -2.32. The lowest BCUT2D eigenvalue weighted by molar-refractivity contribution is -0.137. The Hall–Kier alpha value is -3.00. The van der Waals surface area contributed by atoms with Crippen molar-refractivity contribution in [3.05, 3.63) is 54.1 Å². The molecule has 0 amide bonds. The van der Waals surface area contributed by atoms with Crippen LogP contribution in [-0.2, 0) is 17.9 Å². The molecule has 0 bridgehead atoms. The molecule has 3 heterocycles. The van der Waals surface area contributed by atoms with E-state index in [2.05, 4.69) is 20.1 Å². The molecule has 4 rings (SSSR count). The van der Waals surface area contributed by atoms with Gasteiger partial charge in [-0.1, -0.05) is 23.4 Å². The third kappa shape index (κ3) is 4.06. The molecule has 1 unspecified atom stereocenters. The maximum atomic E-state index is 11.0. The summed E-state index contributed by atoms with van der Waals surface area (Å²) in [5.74, 6) is 0.557. The highest BCUT2D eigenvalue weighted by Crippen LogP contribution is 2.27. The number of hydrogen-bond donors (Lipinski definition) is 1. The summed E-state index contributed by atoms with van der Waals surface area (Å²) in [6.07, 6.45) is 3.72. The van der Waals surface area contributed by atoms with E-state index < -0.39 is 5.97 Å². The minimum absolute atomic E-state index is 0.107. The van der Waals surface area contributed by atoms with Gasteiger partial charge in [0.2, 0.25) is 0 Å². The molecule has 0 aliphatic carbocycles. The zero-order chi connectivity index (χ0) is 18.6. The monoisotopic (exact) mass is 367 g/mol. The van der Waals surface area contributed by atoms with Crippen LogP contribution in [0.1, 0.15) is 30.3 Å². The van der Waals surface area contributed by atoms with E-state index in [1.54, 1.807) is 10.9 Å². The first-order valence-electron chi connectivity index (χ1n) is 9.03. The van der Waals surface area contributed by atoms with Crippen molar-refractivity contribution in [2.45, 2.75) is 31.8 Å². The smallest absolute Gasteiger partial charge is 0.325 e. The van der Waals surface area contributed by atoms with Gasteiger partial charge in [-0.05, 0) is 37.6 Å². The van der Waals surface area contributed by atoms with Gasteiger partial charge >= 0.3 is 5.97 Å². The van der Waals surface area contributed by atoms with Gasteiger partial charge in [-0.15, -0.1) is 0 Å². The van der Waals surface area contributed by atoms with Crippen molar-refractivity contribution in [1.29, 1.82) is 0 Å². The van der Waals surface area contributed by atoms with Crippen molar-refractivity contribution in [3.63, 3.8) is 0 Å². The van der Waals surface area contributed by atoms with Gasteiger partial charge in [0.05, 0.1) is 6.54 Å². The van der Waals surface area contributed by atoms with Gasteiger partial charge in [-0.2, -0.15) is 10.1 Å². The number of benzene rings is 1. The van der Waals surface area contributed by atoms with Crippen LogP contribution in [0.15, 0.2) is 47.1 Å². The minimum Gasteiger partial charge on any atom is -0.480 e. The second-order valence-corrected chi connectivity index (χ2v) is 6.76. The van der Waals surface area contributed by atoms with Crippen LogP contribution in [0.5, 0.6) is 0 Å². The fraction of sp³-hybridized carbons (Fsp3) is 0.368. The first kappa shape index (κ1) is 17.4. The topological polar surface area (TPSA) is 97.3 Å². The van der Waals surface area contributed by atoms with Crippen LogP contribution in [0, 0.1) is 0 Å². The molecule has 3 aromatic rings. The fourth-order valence-corrected chi connectivity index (χ4v) is 3.61. The van der Waals surface area contributed by atoms with Gasteiger partial charge in [0.15, 0.2) is 5.82 Å². The number of hydrogen-bond acceptors (Lipinski definition) is 6. The van der Waals surface area contributed by atoms with Gasteiger partial charge in [0.25, 0.3) is 5.89 Å².